The topological polar surface area (TPSA) is 62.7 Å². The average Bonchev–Trinajstić information content (AvgIpc) is 3.05. The van der Waals surface area contributed by atoms with Gasteiger partial charge in [-0.3, -0.25) is 0 Å². The van der Waals surface area contributed by atoms with Crippen LogP contribution in [0.2, 0.25) is 0 Å². The Labute approximate surface area is 191 Å². The second kappa shape index (κ2) is 8.81. The maximum atomic E-state index is 12.2. The molecule has 0 spiro atoms. The molecule has 0 aliphatic heterocycles. The van der Waals surface area contributed by atoms with E-state index in [2.05, 4.69) is 53.7 Å². The molecular weight excluding hydrogens is 408 g/mol. The standard InChI is InChI=1S/C25H38N2O3S/c1-23(2,3)17-13-16(14-18(21(17)28)24(4,5)6)19-15-31-20(26-19)11-12-27(10)22(29)30-25(7,8)9/h13-15,28H,11-12H2,1-10H3. The van der Waals surface area contributed by atoms with Crippen LogP contribution in [-0.2, 0) is 22.0 Å². The van der Waals surface area contributed by atoms with Gasteiger partial charge in [0.1, 0.15) is 11.4 Å². The molecule has 2 rings (SSSR count). The van der Waals surface area contributed by atoms with Crippen molar-refractivity contribution in [2.24, 2.45) is 0 Å². The number of hydrogen-bond acceptors (Lipinski definition) is 5. The predicted molar refractivity (Wildman–Crippen MR) is 129 cm³/mol. The van der Waals surface area contributed by atoms with Gasteiger partial charge in [-0.15, -0.1) is 11.3 Å². The smallest absolute Gasteiger partial charge is 0.410 e. The second-order valence-electron chi connectivity index (χ2n) is 11.2. The largest absolute Gasteiger partial charge is 0.507 e. The van der Waals surface area contributed by atoms with Gasteiger partial charge in [0.2, 0.25) is 0 Å². The Kier molecular flexibility index (Phi) is 7.16. The highest BCUT2D eigenvalue weighted by atomic mass is 32.1. The highest BCUT2D eigenvalue weighted by molar-refractivity contribution is 7.09. The third kappa shape index (κ3) is 6.70. The monoisotopic (exact) mass is 446 g/mol. The second-order valence-corrected chi connectivity index (χ2v) is 12.1. The number of carbonyl (C=O) groups excluding carboxylic acids is 1. The highest BCUT2D eigenvalue weighted by Gasteiger charge is 2.27. The van der Waals surface area contributed by atoms with E-state index >= 15 is 0 Å². The average molecular weight is 447 g/mol. The number of hydrogen-bond donors (Lipinski definition) is 1. The molecule has 0 saturated carbocycles. The molecule has 1 heterocycles. The lowest BCUT2D eigenvalue weighted by Gasteiger charge is -2.28. The molecule has 0 fully saturated rings. The van der Waals surface area contributed by atoms with Gasteiger partial charge in [0, 0.05) is 42.1 Å². The number of benzene rings is 1. The van der Waals surface area contributed by atoms with Gasteiger partial charge in [-0.25, -0.2) is 9.78 Å². The van der Waals surface area contributed by atoms with Gasteiger partial charge in [-0.1, -0.05) is 41.5 Å². The lowest BCUT2D eigenvalue weighted by Crippen LogP contribution is -2.35. The predicted octanol–water partition coefficient (Wildman–Crippen LogP) is 6.52. The Morgan fingerprint density at radius 1 is 1.03 bits per heavy atom. The van der Waals surface area contributed by atoms with E-state index in [1.807, 2.05) is 26.2 Å². The molecule has 0 atom stereocenters. The molecule has 1 amide bonds. The van der Waals surface area contributed by atoms with Crippen LogP contribution in [0.15, 0.2) is 17.5 Å². The van der Waals surface area contributed by atoms with Gasteiger partial charge in [0.05, 0.1) is 10.7 Å². The van der Waals surface area contributed by atoms with Crippen LogP contribution in [0.5, 0.6) is 5.75 Å². The Hall–Kier alpha value is -2.08. The van der Waals surface area contributed by atoms with Gasteiger partial charge in [-0.05, 0) is 43.7 Å². The normalized spacial score (nSPS) is 12.7. The van der Waals surface area contributed by atoms with Crippen LogP contribution in [0.4, 0.5) is 4.79 Å². The minimum atomic E-state index is -0.506. The van der Waals surface area contributed by atoms with Crippen LogP contribution in [0, 0.1) is 0 Å². The van der Waals surface area contributed by atoms with Crippen molar-refractivity contribution in [2.45, 2.75) is 85.2 Å². The van der Waals surface area contributed by atoms with E-state index in [-0.39, 0.29) is 16.9 Å². The summed E-state index contributed by atoms with van der Waals surface area (Å²) in [7, 11) is 1.74. The van der Waals surface area contributed by atoms with E-state index in [1.54, 1.807) is 23.3 Å². The molecule has 6 heteroatoms. The Morgan fingerprint density at radius 3 is 2.00 bits per heavy atom. The number of nitrogens with zero attached hydrogens (tertiary/aromatic N) is 2. The lowest BCUT2D eigenvalue weighted by atomic mass is 9.78. The molecule has 1 N–H and O–H groups in total. The van der Waals surface area contributed by atoms with Gasteiger partial charge in [0.25, 0.3) is 0 Å². The van der Waals surface area contributed by atoms with Crippen molar-refractivity contribution in [1.29, 1.82) is 0 Å². The van der Waals surface area contributed by atoms with Crippen molar-refractivity contribution in [1.82, 2.24) is 9.88 Å². The molecule has 0 aliphatic carbocycles. The Bertz CT molecular complexity index is 892. The highest BCUT2D eigenvalue weighted by Crippen LogP contribution is 2.42. The number of likely N-dealkylation sites (N-methyl/N-ethyl adjacent to an activating group) is 1. The molecule has 0 aliphatic rings. The van der Waals surface area contributed by atoms with Crippen LogP contribution in [-0.4, -0.2) is 40.3 Å². The minimum absolute atomic E-state index is 0.185. The molecule has 0 saturated heterocycles. The van der Waals surface area contributed by atoms with Crippen molar-refractivity contribution in [3.63, 3.8) is 0 Å². The van der Waals surface area contributed by atoms with Crippen molar-refractivity contribution in [3.05, 3.63) is 33.6 Å². The zero-order valence-corrected chi connectivity index (χ0v) is 21.5. The lowest BCUT2D eigenvalue weighted by molar-refractivity contribution is 0.0300. The first-order valence-corrected chi connectivity index (χ1v) is 11.6. The third-order valence-corrected chi connectivity index (χ3v) is 5.85. The zero-order valence-electron chi connectivity index (χ0n) is 20.7. The van der Waals surface area contributed by atoms with Gasteiger partial charge in [0.15, 0.2) is 0 Å². The Balaban J connectivity index is 2.27. The molecule has 5 nitrogen and oxygen atoms in total. The van der Waals surface area contributed by atoms with E-state index in [9.17, 15) is 9.90 Å². The number of thiazole rings is 1. The summed E-state index contributed by atoms with van der Waals surface area (Å²) in [6.07, 6.45) is 0.337. The molecule has 172 valence electrons. The van der Waals surface area contributed by atoms with E-state index in [1.165, 1.54) is 0 Å². The van der Waals surface area contributed by atoms with Gasteiger partial charge >= 0.3 is 6.09 Å². The first-order valence-electron chi connectivity index (χ1n) is 10.8. The molecule has 0 radical (unpaired) electrons. The number of ether oxygens (including phenoxy) is 1. The van der Waals surface area contributed by atoms with E-state index in [0.717, 1.165) is 27.4 Å². The van der Waals surface area contributed by atoms with Gasteiger partial charge < -0.3 is 14.7 Å². The maximum absolute atomic E-state index is 12.2. The Morgan fingerprint density at radius 2 is 1.55 bits per heavy atom. The first-order chi connectivity index (χ1) is 14.0. The fourth-order valence-electron chi connectivity index (χ4n) is 3.18. The molecule has 0 unspecified atom stereocenters. The quantitative estimate of drug-likeness (QED) is 0.581. The van der Waals surface area contributed by atoms with Crippen LogP contribution >= 0.6 is 11.3 Å². The van der Waals surface area contributed by atoms with Crippen molar-refractivity contribution < 1.29 is 14.6 Å². The van der Waals surface area contributed by atoms with E-state index in [4.69, 9.17) is 9.72 Å². The summed E-state index contributed by atoms with van der Waals surface area (Å²) in [6, 6.07) is 4.10. The van der Waals surface area contributed by atoms with Crippen LogP contribution in [0.25, 0.3) is 11.3 Å². The van der Waals surface area contributed by atoms with Crippen LogP contribution in [0.3, 0.4) is 0 Å². The maximum Gasteiger partial charge on any atom is 0.410 e. The third-order valence-electron chi connectivity index (χ3n) is 4.94. The molecule has 2 aromatic rings. The number of phenols is 1. The van der Waals surface area contributed by atoms with Crippen molar-refractivity contribution >= 4 is 17.4 Å². The summed E-state index contributed by atoms with van der Waals surface area (Å²) in [5, 5.41) is 14.0. The number of rotatable bonds is 4. The summed E-state index contributed by atoms with van der Waals surface area (Å²) in [6.45, 7) is 18.8. The summed E-state index contributed by atoms with van der Waals surface area (Å²) in [5.74, 6) is 0.373. The summed E-state index contributed by atoms with van der Waals surface area (Å²) in [4.78, 5) is 18.6. The summed E-state index contributed by atoms with van der Waals surface area (Å²) < 4.78 is 5.41. The first kappa shape index (κ1) is 25.2. The van der Waals surface area contributed by atoms with Gasteiger partial charge in [-0.2, -0.15) is 0 Å². The fourth-order valence-corrected chi connectivity index (χ4v) is 3.98. The number of aromatic hydroxyl groups is 1. The zero-order chi connectivity index (χ0) is 23.8. The van der Waals surface area contributed by atoms with E-state index in [0.29, 0.717) is 18.7 Å². The number of aromatic nitrogens is 1. The van der Waals surface area contributed by atoms with Crippen LogP contribution in [0.1, 0.15) is 78.4 Å². The number of phenolic OH excluding ortho intramolecular Hbond substituents is 1. The molecule has 0 bridgehead atoms. The SMILES string of the molecule is CN(CCc1nc(-c2cc(C(C)(C)C)c(O)c(C(C)(C)C)c2)cs1)C(=O)OC(C)(C)C. The molecule has 31 heavy (non-hydrogen) atoms. The van der Waals surface area contributed by atoms with Crippen molar-refractivity contribution in [2.75, 3.05) is 13.6 Å². The van der Waals surface area contributed by atoms with E-state index < -0.39 is 5.60 Å². The summed E-state index contributed by atoms with van der Waals surface area (Å²) >= 11 is 1.59. The molecule has 1 aromatic carbocycles. The fraction of sp³-hybridized carbons (Fsp3) is 0.600. The summed E-state index contributed by atoms with van der Waals surface area (Å²) in [5.41, 5.74) is 2.88. The molecular formula is C25H38N2O3S. The number of carbonyl (C=O) groups is 1. The van der Waals surface area contributed by atoms with Crippen molar-refractivity contribution in [3.8, 4) is 17.0 Å². The van der Waals surface area contributed by atoms with Crippen LogP contribution < -0.4 is 0 Å². The number of amides is 1. The minimum Gasteiger partial charge on any atom is -0.507 e. The molecule has 1 aromatic heterocycles.